The van der Waals surface area contributed by atoms with Gasteiger partial charge in [0.15, 0.2) is 0 Å². The highest BCUT2D eigenvalue weighted by Crippen LogP contribution is 2.34. The van der Waals surface area contributed by atoms with Crippen LogP contribution in [0.1, 0.15) is 21.5 Å². The number of nitrogens with one attached hydrogen (secondary N) is 2. The summed E-state index contributed by atoms with van der Waals surface area (Å²) in [5.41, 5.74) is 4.94. The fourth-order valence-corrected chi connectivity index (χ4v) is 3.47. The first-order valence-corrected chi connectivity index (χ1v) is 11.7. The van der Waals surface area contributed by atoms with Gasteiger partial charge >= 0.3 is 6.18 Å². The lowest BCUT2D eigenvalue weighted by atomic mass is 10.1. The Morgan fingerprint density at radius 1 is 1.20 bits per heavy atom. The number of nitrogens with zero attached hydrogens (tertiary/aromatic N) is 3. The first-order chi connectivity index (χ1) is 16.3. The first-order valence-electron chi connectivity index (χ1n) is 9.86. The second-order valence-corrected chi connectivity index (χ2v) is 9.44. The van der Waals surface area contributed by atoms with Crippen molar-refractivity contribution in [2.75, 3.05) is 28.2 Å². The molecular weight excluding hydrogens is 489 g/mol. The summed E-state index contributed by atoms with van der Waals surface area (Å²) in [4.78, 5) is 18.8. The Balaban J connectivity index is 1.87. The van der Waals surface area contributed by atoms with E-state index in [2.05, 4.69) is 20.6 Å². The van der Waals surface area contributed by atoms with E-state index < -0.39 is 39.2 Å². The molecular formula is C21H21F3N6O4S. The van der Waals surface area contributed by atoms with E-state index in [1.165, 1.54) is 25.2 Å². The van der Waals surface area contributed by atoms with E-state index in [1.807, 2.05) is 0 Å². The van der Waals surface area contributed by atoms with E-state index in [4.69, 9.17) is 5.73 Å². The third-order valence-corrected chi connectivity index (χ3v) is 6.05. The summed E-state index contributed by atoms with van der Waals surface area (Å²) in [7, 11) is -2.16. The SMILES string of the molecule is CN(c1cccc(CNc2nc(Nc3ccc(C(N)=O)c(O)c3)ncc2C(F)(F)F)c1)S(C)(=O)=O. The topological polar surface area (TPSA) is 151 Å². The van der Waals surface area contributed by atoms with Crippen LogP contribution in [-0.2, 0) is 22.7 Å². The van der Waals surface area contributed by atoms with Crippen molar-refractivity contribution < 1.29 is 31.5 Å². The van der Waals surface area contributed by atoms with Crippen LogP contribution < -0.4 is 20.7 Å². The van der Waals surface area contributed by atoms with Crippen LogP contribution in [0.15, 0.2) is 48.7 Å². The van der Waals surface area contributed by atoms with Crippen molar-refractivity contribution in [1.29, 1.82) is 0 Å². The molecule has 5 N–H and O–H groups in total. The van der Waals surface area contributed by atoms with E-state index in [0.29, 0.717) is 17.4 Å². The van der Waals surface area contributed by atoms with Gasteiger partial charge in [-0.25, -0.2) is 13.4 Å². The standard InChI is InChI=1S/C21H21F3N6O4S/c1-30(35(2,33)34)14-5-3-4-12(8-14)10-26-19-16(21(22,23)24)11-27-20(29-19)28-13-6-7-15(18(25)32)17(31)9-13/h3-9,11,31H,10H2,1-2H3,(H2,25,32)(H2,26,27,28,29). The van der Waals surface area contributed by atoms with Gasteiger partial charge in [-0.2, -0.15) is 18.2 Å². The lowest BCUT2D eigenvalue weighted by molar-refractivity contribution is -0.137. The third kappa shape index (κ3) is 6.29. The number of carbonyl (C=O) groups excluding carboxylic acids is 1. The van der Waals surface area contributed by atoms with Gasteiger partial charge in [-0.3, -0.25) is 9.10 Å². The molecule has 0 radical (unpaired) electrons. The fourth-order valence-electron chi connectivity index (χ4n) is 2.97. The molecule has 0 unspecified atom stereocenters. The average Bonchev–Trinajstić information content (AvgIpc) is 2.76. The maximum Gasteiger partial charge on any atom is 0.421 e. The second kappa shape index (κ2) is 9.66. The Morgan fingerprint density at radius 3 is 2.51 bits per heavy atom. The number of amides is 1. The number of phenols is 1. The number of hydrogen-bond acceptors (Lipinski definition) is 8. The zero-order valence-electron chi connectivity index (χ0n) is 18.5. The monoisotopic (exact) mass is 510 g/mol. The van der Waals surface area contributed by atoms with Crippen molar-refractivity contribution in [3.8, 4) is 5.75 Å². The Morgan fingerprint density at radius 2 is 1.91 bits per heavy atom. The van der Waals surface area contributed by atoms with Crippen LogP contribution in [0, 0.1) is 0 Å². The van der Waals surface area contributed by atoms with Crippen LogP contribution >= 0.6 is 0 Å². The van der Waals surface area contributed by atoms with Gasteiger partial charge in [0.1, 0.15) is 17.1 Å². The summed E-state index contributed by atoms with van der Waals surface area (Å²) >= 11 is 0. The van der Waals surface area contributed by atoms with Gasteiger partial charge in [0, 0.05) is 31.5 Å². The van der Waals surface area contributed by atoms with E-state index in [1.54, 1.807) is 18.2 Å². The van der Waals surface area contributed by atoms with Gasteiger partial charge in [-0.15, -0.1) is 0 Å². The van der Waals surface area contributed by atoms with E-state index in [-0.39, 0.29) is 23.7 Å². The zero-order chi connectivity index (χ0) is 26.0. The highest BCUT2D eigenvalue weighted by molar-refractivity contribution is 7.92. The molecule has 10 nitrogen and oxygen atoms in total. The van der Waals surface area contributed by atoms with Crippen molar-refractivity contribution in [2.24, 2.45) is 5.73 Å². The summed E-state index contributed by atoms with van der Waals surface area (Å²) in [6, 6.07) is 10.0. The summed E-state index contributed by atoms with van der Waals surface area (Å²) < 4.78 is 65.1. The molecule has 3 rings (SSSR count). The number of rotatable bonds is 8. The van der Waals surface area contributed by atoms with Crippen LogP contribution in [0.25, 0.3) is 0 Å². The molecule has 0 bridgehead atoms. The smallest absolute Gasteiger partial charge is 0.421 e. The molecule has 0 saturated heterocycles. The summed E-state index contributed by atoms with van der Waals surface area (Å²) in [6.45, 7) is -0.0981. The van der Waals surface area contributed by atoms with Gasteiger partial charge < -0.3 is 21.5 Å². The van der Waals surface area contributed by atoms with Crippen molar-refractivity contribution in [3.05, 3.63) is 65.4 Å². The summed E-state index contributed by atoms with van der Waals surface area (Å²) in [5, 5.41) is 15.1. The van der Waals surface area contributed by atoms with Crippen LogP contribution in [0.2, 0.25) is 0 Å². The normalized spacial score (nSPS) is 11.7. The quantitative estimate of drug-likeness (QED) is 0.361. The molecule has 0 saturated carbocycles. The Hall–Kier alpha value is -4.07. The molecule has 0 aliphatic carbocycles. The molecule has 0 aliphatic rings. The van der Waals surface area contributed by atoms with Crippen LogP contribution in [0.5, 0.6) is 5.75 Å². The number of hydrogen-bond donors (Lipinski definition) is 4. The fraction of sp³-hybridized carbons (Fsp3) is 0.190. The zero-order valence-corrected chi connectivity index (χ0v) is 19.3. The maximum atomic E-state index is 13.5. The molecule has 0 fully saturated rings. The lowest BCUT2D eigenvalue weighted by Crippen LogP contribution is -2.24. The average molecular weight is 510 g/mol. The predicted octanol–water partition coefficient (Wildman–Crippen LogP) is 3.05. The summed E-state index contributed by atoms with van der Waals surface area (Å²) in [6.07, 6.45) is -3.12. The molecule has 0 spiro atoms. The number of nitrogens with two attached hydrogens (primary N) is 1. The number of alkyl halides is 3. The van der Waals surface area contributed by atoms with Crippen molar-refractivity contribution >= 4 is 39.1 Å². The molecule has 35 heavy (non-hydrogen) atoms. The third-order valence-electron chi connectivity index (χ3n) is 4.85. The Bertz CT molecular complexity index is 1370. The lowest BCUT2D eigenvalue weighted by Gasteiger charge is -2.18. The van der Waals surface area contributed by atoms with Crippen molar-refractivity contribution in [2.45, 2.75) is 12.7 Å². The molecule has 14 heteroatoms. The summed E-state index contributed by atoms with van der Waals surface area (Å²) in [5.74, 6) is -2.00. The number of halogens is 3. The molecule has 0 atom stereocenters. The first kappa shape index (κ1) is 25.6. The van der Waals surface area contributed by atoms with Gasteiger partial charge in [0.2, 0.25) is 16.0 Å². The highest BCUT2D eigenvalue weighted by atomic mass is 32.2. The van der Waals surface area contributed by atoms with Crippen LogP contribution in [0.3, 0.4) is 0 Å². The number of aromatic hydroxyl groups is 1. The van der Waals surface area contributed by atoms with Crippen LogP contribution in [-0.4, -0.2) is 42.7 Å². The van der Waals surface area contributed by atoms with Crippen molar-refractivity contribution in [3.63, 3.8) is 0 Å². The van der Waals surface area contributed by atoms with Crippen LogP contribution in [0.4, 0.5) is 36.3 Å². The number of aromatic nitrogens is 2. The molecule has 3 aromatic rings. The molecule has 186 valence electrons. The molecule has 1 amide bonds. The largest absolute Gasteiger partial charge is 0.507 e. The minimum atomic E-state index is -4.75. The van der Waals surface area contributed by atoms with Crippen molar-refractivity contribution in [1.82, 2.24) is 9.97 Å². The number of benzene rings is 2. The second-order valence-electron chi connectivity index (χ2n) is 7.43. The molecule has 0 aliphatic heterocycles. The van der Waals surface area contributed by atoms with E-state index in [9.17, 15) is 31.5 Å². The Kier molecular flexibility index (Phi) is 7.05. The number of primary amides is 1. The van der Waals surface area contributed by atoms with Gasteiger partial charge in [0.05, 0.1) is 17.5 Å². The number of carbonyl (C=O) groups is 1. The molecule has 1 aromatic heterocycles. The number of anilines is 4. The predicted molar refractivity (Wildman–Crippen MR) is 124 cm³/mol. The minimum absolute atomic E-state index is 0.0981. The minimum Gasteiger partial charge on any atom is -0.507 e. The highest BCUT2D eigenvalue weighted by Gasteiger charge is 2.35. The maximum absolute atomic E-state index is 13.5. The Labute approximate surface area is 198 Å². The van der Waals surface area contributed by atoms with Gasteiger partial charge in [-0.05, 0) is 29.8 Å². The van der Waals surface area contributed by atoms with E-state index >= 15 is 0 Å². The molecule has 1 heterocycles. The molecule has 2 aromatic carbocycles. The van der Waals surface area contributed by atoms with Gasteiger partial charge in [0.25, 0.3) is 5.91 Å². The number of sulfonamides is 1. The van der Waals surface area contributed by atoms with E-state index in [0.717, 1.165) is 16.6 Å². The van der Waals surface area contributed by atoms with Gasteiger partial charge in [-0.1, -0.05) is 12.1 Å².